The van der Waals surface area contributed by atoms with Crippen molar-refractivity contribution in [1.82, 2.24) is 9.97 Å². The van der Waals surface area contributed by atoms with E-state index in [-0.39, 0.29) is 5.28 Å². The molecule has 1 aromatic carbocycles. The van der Waals surface area contributed by atoms with Gasteiger partial charge in [-0.1, -0.05) is 22.0 Å². The third-order valence-corrected chi connectivity index (χ3v) is 2.71. The van der Waals surface area contributed by atoms with E-state index in [0.29, 0.717) is 0 Å². The lowest BCUT2D eigenvalue weighted by Gasteiger charge is -2.08. The number of anilines is 2. The van der Waals surface area contributed by atoms with Gasteiger partial charge in [0.2, 0.25) is 5.28 Å². The summed E-state index contributed by atoms with van der Waals surface area (Å²) < 4.78 is 1.01. The number of aryl methyl sites for hydroxylation is 1. The Labute approximate surface area is 107 Å². The van der Waals surface area contributed by atoms with Crippen molar-refractivity contribution in [3.63, 3.8) is 0 Å². The van der Waals surface area contributed by atoms with Gasteiger partial charge in [0.25, 0.3) is 0 Å². The molecular formula is C11H9BrClN3. The van der Waals surface area contributed by atoms with Crippen molar-refractivity contribution < 1.29 is 0 Å². The molecule has 0 amide bonds. The Morgan fingerprint density at radius 1 is 1.38 bits per heavy atom. The van der Waals surface area contributed by atoms with Gasteiger partial charge in [0.1, 0.15) is 5.82 Å². The largest absolute Gasteiger partial charge is 0.340 e. The number of hydrogen-bond donors (Lipinski definition) is 1. The Morgan fingerprint density at radius 3 is 2.94 bits per heavy atom. The Kier molecular flexibility index (Phi) is 3.41. The molecule has 0 atom stereocenters. The van der Waals surface area contributed by atoms with Crippen LogP contribution in [0.25, 0.3) is 0 Å². The molecule has 0 aliphatic rings. The molecule has 1 aromatic heterocycles. The summed E-state index contributed by atoms with van der Waals surface area (Å²) >= 11 is 9.15. The maximum Gasteiger partial charge on any atom is 0.224 e. The van der Waals surface area contributed by atoms with Gasteiger partial charge in [-0.25, -0.2) is 9.97 Å². The van der Waals surface area contributed by atoms with E-state index in [2.05, 4.69) is 31.2 Å². The SMILES string of the molecule is Cc1cnc(Cl)nc1Nc1cccc(Br)c1. The Morgan fingerprint density at radius 2 is 2.19 bits per heavy atom. The monoisotopic (exact) mass is 297 g/mol. The van der Waals surface area contributed by atoms with Crippen LogP contribution in [0.15, 0.2) is 34.9 Å². The molecule has 2 rings (SSSR count). The maximum atomic E-state index is 5.74. The lowest BCUT2D eigenvalue weighted by atomic mass is 10.3. The van der Waals surface area contributed by atoms with Crippen molar-refractivity contribution in [2.24, 2.45) is 0 Å². The van der Waals surface area contributed by atoms with Gasteiger partial charge in [-0.05, 0) is 36.7 Å². The van der Waals surface area contributed by atoms with Crippen LogP contribution in [-0.4, -0.2) is 9.97 Å². The molecule has 2 aromatic rings. The molecule has 1 N–H and O–H groups in total. The summed E-state index contributed by atoms with van der Waals surface area (Å²) in [7, 11) is 0. The summed E-state index contributed by atoms with van der Waals surface area (Å²) in [6.45, 7) is 1.93. The first-order valence-corrected chi connectivity index (χ1v) is 5.84. The first-order valence-electron chi connectivity index (χ1n) is 4.67. The van der Waals surface area contributed by atoms with Crippen LogP contribution in [-0.2, 0) is 0 Å². The van der Waals surface area contributed by atoms with E-state index in [9.17, 15) is 0 Å². The highest BCUT2D eigenvalue weighted by Gasteiger charge is 2.02. The molecule has 5 heteroatoms. The lowest BCUT2D eigenvalue weighted by molar-refractivity contribution is 1.13. The van der Waals surface area contributed by atoms with Crippen molar-refractivity contribution in [3.05, 3.63) is 45.8 Å². The zero-order valence-corrected chi connectivity index (χ0v) is 10.9. The molecule has 16 heavy (non-hydrogen) atoms. The minimum absolute atomic E-state index is 0.239. The minimum Gasteiger partial charge on any atom is -0.340 e. The molecule has 0 saturated carbocycles. The van der Waals surface area contributed by atoms with E-state index in [1.54, 1.807) is 6.20 Å². The van der Waals surface area contributed by atoms with Gasteiger partial charge in [0.15, 0.2) is 0 Å². The summed E-state index contributed by atoms with van der Waals surface area (Å²) in [6.07, 6.45) is 1.69. The summed E-state index contributed by atoms with van der Waals surface area (Å²) in [5.74, 6) is 0.720. The molecule has 0 saturated heterocycles. The second-order valence-corrected chi connectivity index (χ2v) is 4.56. The molecule has 3 nitrogen and oxygen atoms in total. The molecule has 0 spiro atoms. The van der Waals surface area contributed by atoms with Crippen LogP contribution >= 0.6 is 27.5 Å². The summed E-state index contributed by atoms with van der Waals surface area (Å²) in [6, 6.07) is 7.84. The van der Waals surface area contributed by atoms with Crippen LogP contribution in [0, 0.1) is 6.92 Å². The average molecular weight is 299 g/mol. The first-order chi connectivity index (χ1) is 7.65. The first kappa shape index (κ1) is 11.4. The summed E-state index contributed by atoms with van der Waals surface area (Å²) in [5.41, 5.74) is 1.90. The third kappa shape index (κ3) is 2.71. The standard InChI is InChI=1S/C11H9BrClN3/c1-7-6-14-11(13)16-10(7)15-9-4-2-3-8(12)5-9/h2-6H,1H3,(H,14,15,16). The maximum absolute atomic E-state index is 5.74. The summed E-state index contributed by atoms with van der Waals surface area (Å²) in [4.78, 5) is 8.03. The number of nitrogens with one attached hydrogen (secondary N) is 1. The van der Waals surface area contributed by atoms with Gasteiger partial charge >= 0.3 is 0 Å². The molecule has 82 valence electrons. The highest BCUT2D eigenvalue weighted by atomic mass is 79.9. The van der Waals surface area contributed by atoms with Crippen molar-refractivity contribution in [2.45, 2.75) is 6.92 Å². The highest BCUT2D eigenvalue weighted by Crippen LogP contribution is 2.21. The van der Waals surface area contributed by atoms with Gasteiger partial charge in [-0.2, -0.15) is 0 Å². The molecule has 0 fully saturated rings. The number of benzene rings is 1. The van der Waals surface area contributed by atoms with E-state index in [0.717, 1.165) is 21.5 Å². The van der Waals surface area contributed by atoms with Gasteiger partial charge < -0.3 is 5.32 Å². The van der Waals surface area contributed by atoms with Gasteiger partial charge in [0.05, 0.1) is 0 Å². The Bertz CT molecular complexity index is 516. The zero-order chi connectivity index (χ0) is 11.5. The van der Waals surface area contributed by atoms with Gasteiger partial charge in [-0.3, -0.25) is 0 Å². The predicted octanol–water partition coefficient (Wildman–Crippen LogP) is 3.94. The molecule has 1 heterocycles. The van der Waals surface area contributed by atoms with Crippen molar-refractivity contribution in [2.75, 3.05) is 5.32 Å². The van der Waals surface area contributed by atoms with Crippen LogP contribution in [0.1, 0.15) is 5.56 Å². The van der Waals surface area contributed by atoms with E-state index in [4.69, 9.17) is 11.6 Å². The Hall–Kier alpha value is -1.13. The van der Waals surface area contributed by atoms with E-state index in [1.807, 2.05) is 31.2 Å². The molecular weight excluding hydrogens is 289 g/mol. The fourth-order valence-electron chi connectivity index (χ4n) is 1.25. The lowest BCUT2D eigenvalue weighted by Crippen LogP contribution is -1.97. The van der Waals surface area contributed by atoms with Crippen LogP contribution in [0.3, 0.4) is 0 Å². The molecule has 0 aliphatic carbocycles. The number of hydrogen-bond acceptors (Lipinski definition) is 3. The molecule has 0 aliphatic heterocycles. The minimum atomic E-state index is 0.239. The van der Waals surface area contributed by atoms with E-state index < -0.39 is 0 Å². The zero-order valence-electron chi connectivity index (χ0n) is 8.54. The van der Waals surface area contributed by atoms with Crippen LogP contribution < -0.4 is 5.32 Å². The van der Waals surface area contributed by atoms with E-state index in [1.165, 1.54) is 0 Å². The van der Waals surface area contributed by atoms with Crippen LogP contribution in [0.5, 0.6) is 0 Å². The van der Waals surface area contributed by atoms with Crippen LogP contribution in [0.2, 0.25) is 5.28 Å². The van der Waals surface area contributed by atoms with Crippen LogP contribution in [0.4, 0.5) is 11.5 Å². The second kappa shape index (κ2) is 4.80. The molecule has 0 radical (unpaired) electrons. The normalized spacial score (nSPS) is 10.2. The summed E-state index contributed by atoms with van der Waals surface area (Å²) in [5, 5.41) is 3.43. The smallest absolute Gasteiger partial charge is 0.224 e. The number of aromatic nitrogens is 2. The number of nitrogens with zero attached hydrogens (tertiary/aromatic N) is 2. The van der Waals surface area contributed by atoms with Crippen molar-refractivity contribution in [3.8, 4) is 0 Å². The molecule has 0 unspecified atom stereocenters. The highest BCUT2D eigenvalue weighted by molar-refractivity contribution is 9.10. The number of halogens is 2. The fraction of sp³-hybridized carbons (Fsp3) is 0.0909. The van der Waals surface area contributed by atoms with Gasteiger partial charge in [-0.15, -0.1) is 0 Å². The fourth-order valence-corrected chi connectivity index (χ4v) is 1.78. The third-order valence-electron chi connectivity index (χ3n) is 2.03. The van der Waals surface area contributed by atoms with Gasteiger partial charge in [0, 0.05) is 21.9 Å². The topological polar surface area (TPSA) is 37.8 Å². The quantitative estimate of drug-likeness (QED) is 0.853. The van der Waals surface area contributed by atoms with E-state index >= 15 is 0 Å². The predicted molar refractivity (Wildman–Crippen MR) is 69.2 cm³/mol. The van der Waals surface area contributed by atoms with Crippen molar-refractivity contribution >= 4 is 39.0 Å². The van der Waals surface area contributed by atoms with Crippen molar-refractivity contribution in [1.29, 1.82) is 0 Å². The average Bonchev–Trinajstić information content (AvgIpc) is 2.24. The Balaban J connectivity index is 2.30. The molecule has 0 bridgehead atoms. The number of rotatable bonds is 2. The second-order valence-electron chi connectivity index (χ2n) is 3.31.